The number of carbonyl (C=O) groups excluding carboxylic acids is 1. The van der Waals surface area contributed by atoms with Crippen molar-refractivity contribution in [2.75, 3.05) is 13.1 Å². The van der Waals surface area contributed by atoms with Gasteiger partial charge in [-0.1, -0.05) is 29.8 Å². The van der Waals surface area contributed by atoms with Crippen molar-refractivity contribution < 1.29 is 9.18 Å². The minimum Gasteiger partial charge on any atom is -0.351 e. The third-order valence-corrected chi connectivity index (χ3v) is 2.55. The van der Waals surface area contributed by atoms with Gasteiger partial charge in [-0.2, -0.15) is 0 Å². The van der Waals surface area contributed by atoms with Gasteiger partial charge in [0.1, 0.15) is 5.82 Å². The monoisotopic (exact) mass is 302 g/mol. The van der Waals surface area contributed by atoms with Crippen LogP contribution in [0.2, 0.25) is 0 Å². The van der Waals surface area contributed by atoms with Crippen molar-refractivity contribution in [2.45, 2.75) is 19.9 Å². The molecule has 0 bridgehead atoms. The van der Waals surface area contributed by atoms with Crippen LogP contribution in [-0.4, -0.2) is 25.0 Å². The molecule has 1 amide bonds. The molecule has 17 heavy (non-hydrogen) atoms. The first-order valence-corrected chi connectivity index (χ1v) is 6.26. The number of halogens is 2. The van der Waals surface area contributed by atoms with Gasteiger partial charge in [0.25, 0.3) is 5.91 Å². The van der Waals surface area contributed by atoms with E-state index in [1.165, 1.54) is 12.1 Å². The Labute approximate surface area is 109 Å². The van der Waals surface area contributed by atoms with Gasteiger partial charge >= 0.3 is 0 Å². The van der Waals surface area contributed by atoms with Gasteiger partial charge in [-0.25, -0.2) is 4.39 Å². The molecule has 94 valence electrons. The Kier molecular flexibility index (Phi) is 5.58. The average Bonchev–Trinajstić information content (AvgIpc) is 2.22. The maximum atomic E-state index is 13.1. The van der Waals surface area contributed by atoms with Gasteiger partial charge in [-0.05, 0) is 18.2 Å². The number of hydrogen-bond acceptors (Lipinski definition) is 2. The van der Waals surface area contributed by atoms with Crippen LogP contribution in [0.5, 0.6) is 0 Å². The SMILES string of the molecule is CC(C)NCCNC(=O)c1cc(F)cc(Br)c1. The molecule has 0 atom stereocenters. The van der Waals surface area contributed by atoms with Gasteiger partial charge in [0.15, 0.2) is 0 Å². The Bertz CT molecular complexity index is 376. The van der Waals surface area contributed by atoms with Crippen LogP contribution in [0.15, 0.2) is 22.7 Å². The van der Waals surface area contributed by atoms with Crippen LogP contribution in [0, 0.1) is 5.82 Å². The summed E-state index contributed by atoms with van der Waals surface area (Å²) in [6, 6.07) is 4.51. The number of carbonyl (C=O) groups is 1. The van der Waals surface area contributed by atoms with Crippen LogP contribution in [0.1, 0.15) is 24.2 Å². The van der Waals surface area contributed by atoms with Crippen molar-refractivity contribution in [3.05, 3.63) is 34.1 Å². The summed E-state index contributed by atoms with van der Waals surface area (Å²) in [5.41, 5.74) is 0.321. The molecular weight excluding hydrogens is 287 g/mol. The lowest BCUT2D eigenvalue weighted by Crippen LogP contribution is -2.34. The molecule has 0 heterocycles. The number of amides is 1. The molecule has 1 aromatic carbocycles. The first-order chi connectivity index (χ1) is 7.99. The fraction of sp³-hybridized carbons (Fsp3) is 0.417. The Hall–Kier alpha value is -0.940. The van der Waals surface area contributed by atoms with E-state index in [2.05, 4.69) is 26.6 Å². The standard InChI is InChI=1S/C12H16BrFN2O/c1-8(2)15-3-4-16-12(17)9-5-10(13)7-11(14)6-9/h5-8,15H,3-4H2,1-2H3,(H,16,17). The molecule has 0 aliphatic rings. The molecule has 0 unspecified atom stereocenters. The Morgan fingerprint density at radius 1 is 1.35 bits per heavy atom. The molecule has 3 nitrogen and oxygen atoms in total. The van der Waals surface area contributed by atoms with Crippen molar-refractivity contribution in [2.24, 2.45) is 0 Å². The van der Waals surface area contributed by atoms with E-state index in [1.54, 1.807) is 6.07 Å². The zero-order valence-corrected chi connectivity index (χ0v) is 11.5. The maximum Gasteiger partial charge on any atom is 0.251 e. The minimum atomic E-state index is -0.426. The highest BCUT2D eigenvalue weighted by Gasteiger charge is 2.07. The molecule has 0 radical (unpaired) electrons. The molecule has 0 spiro atoms. The second-order valence-electron chi connectivity index (χ2n) is 4.02. The molecule has 1 rings (SSSR count). The van der Waals surface area contributed by atoms with Crippen LogP contribution in [-0.2, 0) is 0 Å². The lowest BCUT2D eigenvalue weighted by atomic mass is 10.2. The van der Waals surface area contributed by atoms with E-state index in [0.29, 0.717) is 29.2 Å². The van der Waals surface area contributed by atoms with E-state index in [4.69, 9.17) is 0 Å². The summed E-state index contributed by atoms with van der Waals surface area (Å²) in [6.45, 7) is 5.28. The zero-order chi connectivity index (χ0) is 12.8. The normalized spacial score (nSPS) is 10.6. The molecule has 0 saturated carbocycles. The van der Waals surface area contributed by atoms with Crippen LogP contribution >= 0.6 is 15.9 Å². The summed E-state index contributed by atoms with van der Waals surface area (Å²) in [6.07, 6.45) is 0. The molecular formula is C12H16BrFN2O. The van der Waals surface area contributed by atoms with Crippen molar-refractivity contribution >= 4 is 21.8 Å². The lowest BCUT2D eigenvalue weighted by Gasteiger charge is -2.09. The van der Waals surface area contributed by atoms with Gasteiger partial charge in [-0.3, -0.25) is 4.79 Å². The van der Waals surface area contributed by atoms with Crippen LogP contribution in [0.25, 0.3) is 0 Å². The van der Waals surface area contributed by atoms with Gasteiger partial charge in [0.2, 0.25) is 0 Å². The lowest BCUT2D eigenvalue weighted by molar-refractivity contribution is 0.0953. The summed E-state index contributed by atoms with van der Waals surface area (Å²) >= 11 is 3.15. The quantitative estimate of drug-likeness (QED) is 0.820. The first kappa shape index (κ1) is 14.1. The van der Waals surface area contributed by atoms with Crippen molar-refractivity contribution in [3.63, 3.8) is 0 Å². The van der Waals surface area contributed by atoms with Crippen LogP contribution < -0.4 is 10.6 Å². The number of rotatable bonds is 5. The predicted octanol–water partition coefficient (Wildman–Crippen LogP) is 2.32. The molecule has 0 saturated heterocycles. The fourth-order valence-electron chi connectivity index (χ4n) is 1.32. The highest BCUT2D eigenvalue weighted by molar-refractivity contribution is 9.10. The Balaban J connectivity index is 2.47. The van der Waals surface area contributed by atoms with E-state index < -0.39 is 5.82 Å². The predicted molar refractivity (Wildman–Crippen MR) is 69.6 cm³/mol. The smallest absolute Gasteiger partial charge is 0.251 e. The van der Waals surface area contributed by atoms with Gasteiger partial charge in [-0.15, -0.1) is 0 Å². The molecule has 1 aromatic rings. The van der Waals surface area contributed by atoms with Crippen molar-refractivity contribution in [3.8, 4) is 0 Å². The molecule has 0 fully saturated rings. The van der Waals surface area contributed by atoms with E-state index in [1.807, 2.05) is 13.8 Å². The average molecular weight is 303 g/mol. The van der Waals surface area contributed by atoms with Gasteiger partial charge in [0.05, 0.1) is 0 Å². The Morgan fingerprint density at radius 3 is 2.65 bits per heavy atom. The molecule has 2 N–H and O–H groups in total. The summed E-state index contributed by atoms with van der Waals surface area (Å²) in [7, 11) is 0. The number of hydrogen-bond donors (Lipinski definition) is 2. The molecule has 0 aliphatic heterocycles. The molecule has 5 heteroatoms. The zero-order valence-electron chi connectivity index (χ0n) is 9.89. The molecule has 0 aliphatic carbocycles. The topological polar surface area (TPSA) is 41.1 Å². The van der Waals surface area contributed by atoms with Gasteiger partial charge in [0, 0.05) is 29.2 Å². The van der Waals surface area contributed by atoms with Crippen molar-refractivity contribution in [1.82, 2.24) is 10.6 Å². The number of nitrogens with one attached hydrogen (secondary N) is 2. The second-order valence-corrected chi connectivity index (χ2v) is 4.94. The number of benzene rings is 1. The summed E-state index contributed by atoms with van der Waals surface area (Å²) < 4.78 is 13.6. The summed E-state index contributed by atoms with van der Waals surface area (Å²) in [5.74, 6) is -0.694. The third-order valence-electron chi connectivity index (χ3n) is 2.09. The summed E-state index contributed by atoms with van der Waals surface area (Å²) in [5, 5.41) is 5.90. The minimum absolute atomic E-state index is 0.268. The molecule has 0 aromatic heterocycles. The van der Waals surface area contributed by atoms with Gasteiger partial charge < -0.3 is 10.6 Å². The van der Waals surface area contributed by atoms with Crippen LogP contribution in [0.4, 0.5) is 4.39 Å². The third kappa shape index (κ3) is 5.28. The highest BCUT2D eigenvalue weighted by Crippen LogP contribution is 2.14. The van der Waals surface area contributed by atoms with Crippen LogP contribution in [0.3, 0.4) is 0 Å². The highest BCUT2D eigenvalue weighted by atomic mass is 79.9. The van der Waals surface area contributed by atoms with E-state index >= 15 is 0 Å². The van der Waals surface area contributed by atoms with E-state index in [0.717, 1.165) is 0 Å². The van der Waals surface area contributed by atoms with E-state index in [9.17, 15) is 9.18 Å². The maximum absolute atomic E-state index is 13.1. The summed E-state index contributed by atoms with van der Waals surface area (Å²) in [4.78, 5) is 11.7. The largest absolute Gasteiger partial charge is 0.351 e. The second kappa shape index (κ2) is 6.71. The first-order valence-electron chi connectivity index (χ1n) is 5.46. The van der Waals surface area contributed by atoms with Crippen molar-refractivity contribution in [1.29, 1.82) is 0 Å². The fourth-order valence-corrected chi connectivity index (χ4v) is 1.79. The van der Waals surface area contributed by atoms with E-state index in [-0.39, 0.29) is 5.91 Å². The Morgan fingerprint density at radius 2 is 2.06 bits per heavy atom.